The number of hydrogen-bond donors (Lipinski definition) is 3. The summed E-state index contributed by atoms with van der Waals surface area (Å²) >= 11 is 0. The number of aliphatic hydroxyl groups excluding tert-OH is 1. The summed E-state index contributed by atoms with van der Waals surface area (Å²) in [6.45, 7) is 9.99. The van der Waals surface area contributed by atoms with Gasteiger partial charge in [0.05, 0.1) is 125 Å². The molecule has 7 aromatic carbocycles. The molecule has 0 spiro atoms. The zero-order valence-corrected chi connectivity index (χ0v) is 65.6. The Labute approximate surface area is 682 Å². The quantitative estimate of drug-likeness (QED) is 0.0673. The number of carbonyl (C=O) groups is 2. The highest BCUT2D eigenvalue weighted by molar-refractivity contribution is 6.00. The Morgan fingerprint density at radius 3 is 1.75 bits per heavy atom. The van der Waals surface area contributed by atoms with Gasteiger partial charge in [-0.05, 0) is 142 Å². The van der Waals surface area contributed by atoms with Crippen molar-refractivity contribution in [2.45, 2.75) is 68.8 Å². The fraction of sp³-hybridized carbons (Fsp3) is 0.323. The zero-order chi connectivity index (χ0) is 81.2. The number of morpholine rings is 1. The Hall–Kier alpha value is -12.5. The number of aromatic nitrogens is 4. The van der Waals surface area contributed by atoms with Crippen molar-refractivity contribution in [2.24, 2.45) is 0 Å². The standard InChI is InChI=1S/C34H34F2N6O4.C31H31N3O4.C28H24N2O4/c35-34(36)21-42(33(44)18-43)9-8-32(34)46-31-17-38-30(14-23(31)16-37)26-2-1-3-28-27(26)15-29(39-28)22-4-6-24(7-5-22)40-10-12-41(13-11-40)25-19-45-20-25;1-35-31-18-22(5-7-29(31)34-11-15-37-16-12-34)28-19-26-25(3-2-4-27(26)33-28)21-6-8-30(23(17-21)20-32)38-24-9-13-36-14-10-24;1-32-28(31)19-4-2-18(3-5-19)21-15-25-24(8-11-30-26(25)16-21)20-6-7-27(22(14-20)17-29)34-23-9-12-33-13-10-23/h1-7,14-15,17,25,32,39,43H,8-13,18-21H2;2-8,17-19,24,33H,9-16H2,1H3;2-8,11,14-15,23H,9-10,12-13,16H2,1H3. The molecule has 6 aliphatic heterocycles. The van der Waals surface area contributed by atoms with Crippen LogP contribution in [0.4, 0.5) is 20.2 Å². The summed E-state index contributed by atoms with van der Waals surface area (Å²) in [5.74, 6) is -2.41. The number of fused-ring (bicyclic) bond motifs is 3. The minimum atomic E-state index is -3.36. The molecule has 10 heterocycles. The number of rotatable bonds is 18. The highest BCUT2D eigenvalue weighted by atomic mass is 19.3. The van der Waals surface area contributed by atoms with Gasteiger partial charge in [-0.2, -0.15) is 15.8 Å². The normalized spacial score (nSPS) is 17.6. The summed E-state index contributed by atoms with van der Waals surface area (Å²) in [7, 11) is 3.09. The summed E-state index contributed by atoms with van der Waals surface area (Å²) < 4.78 is 79.8. The van der Waals surface area contributed by atoms with Gasteiger partial charge in [-0.25, -0.2) is 13.6 Å². The Morgan fingerprint density at radius 1 is 0.559 bits per heavy atom. The van der Waals surface area contributed by atoms with Crippen molar-refractivity contribution in [2.75, 3.05) is 136 Å². The smallest absolute Gasteiger partial charge is 0.337 e. The fourth-order valence-corrected chi connectivity index (χ4v) is 16.3. The van der Waals surface area contributed by atoms with Gasteiger partial charge in [-0.15, -0.1) is 0 Å². The first-order valence-corrected chi connectivity index (χ1v) is 39.9. The van der Waals surface area contributed by atoms with E-state index in [9.17, 15) is 34.2 Å². The highest BCUT2D eigenvalue weighted by Gasteiger charge is 2.48. The molecule has 18 rings (SSSR count). The van der Waals surface area contributed by atoms with E-state index in [4.69, 9.17) is 47.7 Å². The van der Waals surface area contributed by atoms with E-state index >= 15 is 0 Å². The molecule has 0 bridgehead atoms. The monoisotopic (exact) mass is 1590 g/mol. The number of nitrogens with zero attached hydrogens (tertiary/aromatic N) is 9. The summed E-state index contributed by atoms with van der Waals surface area (Å²) in [4.78, 5) is 47.8. The van der Waals surface area contributed by atoms with Crippen LogP contribution in [0.5, 0.6) is 23.0 Å². The number of piperidine rings is 1. The first-order valence-electron chi connectivity index (χ1n) is 39.9. The molecule has 6 fully saturated rings. The third kappa shape index (κ3) is 17.5. The molecule has 25 heteroatoms. The molecule has 602 valence electrons. The largest absolute Gasteiger partial charge is 0.495 e. The lowest BCUT2D eigenvalue weighted by Gasteiger charge is -2.43. The maximum atomic E-state index is 14.9. The van der Waals surface area contributed by atoms with Gasteiger partial charge in [0.15, 0.2) is 11.9 Å². The summed E-state index contributed by atoms with van der Waals surface area (Å²) in [5, 5.41) is 40.6. The number of amides is 1. The van der Waals surface area contributed by atoms with Gasteiger partial charge in [-0.1, -0.05) is 66.7 Å². The Balaban J connectivity index is 0.000000134. The molecule has 6 saturated heterocycles. The number of pyridine rings is 2. The second kappa shape index (κ2) is 35.9. The van der Waals surface area contributed by atoms with Gasteiger partial charge in [0.1, 0.15) is 54.3 Å². The van der Waals surface area contributed by atoms with Crippen LogP contribution in [-0.4, -0.2) is 203 Å². The van der Waals surface area contributed by atoms with Crippen molar-refractivity contribution in [1.82, 2.24) is 29.7 Å². The van der Waals surface area contributed by atoms with Crippen LogP contribution in [0.1, 0.15) is 76.0 Å². The number of esters is 1. The van der Waals surface area contributed by atoms with Gasteiger partial charge < -0.3 is 72.4 Å². The highest BCUT2D eigenvalue weighted by Crippen LogP contribution is 2.43. The van der Waals surface area contributed by atoms with Crippen LogP contribution in [0.25, 0.3) is 89.5 Å². The van der Waals surface area contributed by atoms with E-state index in [1.807, 2.05) is 85.1 Å². The van der Waals surface area contributed by atoms with E-state index in [-0.39, 0.29) is 42.5 Å². The number of allylic oxidation sites excluding steroid dienone is 1. The van der Waals surface area contributed by atoms with E-state index in [1.54, 1.807) is 25.3 Å². The number of ether oxygens (including phenoxy) is 9. The van der Waals surface area contributed by atoms with Crippen LogP contribution in [0.3, 0.4) is 0 Å². The van der Waals surface area contributed by atoms with E-state index < -0.39 is 31.1 Å². The SMILES string of the molecule is COC(=O)c1ccc(C2=Cc3c(-c4ccc(OC5CCOCC5)c(C#N)c4)ccnc3C2)cc1.COc1cc(-c2cc3c(-c4ccc(OC5CCOCC5)c(C#N)c4)cccc3[nH]2)ccc1N1CCOCC1.N#Cc1cc(-c2cccc3[nH]c(-c4ccc(N5CCN(C6COC6)CC5)cc4)cc23)ncc1OC1CCN(C(=O)CO)CC1(F)F. The number of benzene rings is 7. The molecular weight excluding hydrogens is 1500 g/mol. The van der Waals surface area contributed by atoms with Crippen LogP contribution in [0.2, 0.25) is 0 Å². The van der Waals surface area contributed by atoms with Crippen LogP contribution in [0.15, 0.2) is 176 Å². The van der Waals surface area contributed by atoms with Crippen molar-refractivity contribution >= 4 is 56.7 Å². The molecular formula is C93H89F2N11O12. The minimum absolute atomic E-state index is 0.0150. The lowest BCUT2D eigenvalue weighted by molar-refractivity contribution is -0.161. The van der Waals surface area contributed by atoms with Gasteiger partial charge in [-0.3, -0.25) is 19.7 Å². The van der Waals surface area contributed by atoms with Crippen molar-refractivity contribution in [3.05, 3.63) is 215 Å². The number of hydrogen-bond acceptors (Lipinski definition) is 20. The molecule has 1 amide bonds. The number of piperazine rings is 1. The number of methoxy groups -OCH3 is 2. The number of aliphatic hydroxyl groups is 1. The van der Waals surface area contributed by atoms with Crippen LogP contribution in [0, 0.1) is 34.0 Å². The van der Waals surface area contributed by atoms with Crippen LogP contribution < -0.4 is 28.7 Å². The van der Waals surface area contributed by atoms with Crippen molar-refractivity contribution < 1.29 is 66.1 Å². The number of H-pyrrole nitrogens is 2. The first-order chi connectivity index (χ1) is 57.7. The number of anilines is 2. The molecule has 0 radical (unpaired) electrons. The molecule has 7 aliphatic rings. The molecule has 4 aromatic heterocycles. The predicted octanol–water partition coefficient (Wildman–Crippen LogP) is 14.7. The second-order valence-corrected chi connectivity index (χ2v) is 30.1. The molecule has 1 atom stereocenters. The average Bonchev–Trinajstić information content (AvgIpc) is 1.53. The number of nitriles is 3. The molecule has 118 heavy (non-hydrogen) atoms. The lowest BCUT2D eigenvalue weighted by atomic mass is 9.98. The molecule has 1 unspecified atom stereocenters. The zero-order valence-electron chi connectivity index (χ0n) is 65.6. The number of halogens is 2. The molecule has 0 saturated carbocycles. The van der Waals surface area contributed by atoms with Gasteiger partial charge in [0, 0.05) is 146 Å². The number of likely N-dealkylation sites (tertiary alicyclic amines) is 1. The summed E-state index contributed by atoms with van der Waals surface area (Å²) in [6.07, 6.45) is 7.79. The summed E-state index contributed by atoms with van der Waals surface area (Å²) in [5.41, 5.74) is 19.5. The molecule has 3 N–H and O–H groups in total. The van der Waals surface area contributed by atoms with Crippen LogP contribution in [-0.2, 0) is 34.9 Å². The second-order valence-electron chi connectivity index (χ2n) is 30.1. The van der Waals surface area contributed by atoms with Crippen molar-refractivity contribution in [3.8, 4) is 97.2 Å². The number of carbonyl (C=O) groups excluding carboxylic acids is 2. The first kappa shape index (κ1) is 79.3. The number of nitrogens with one attached hydrogen (secondary N) is 2. The molecule has 23 nitrogen and oxygen atoms in total. The van der Waals surface area contributed by atoms with E-state index in [1.165, 1.54) is 19.0 Å². The molecule has 1 aliphatic carbocycles. The molecule has 11 aromatic rings. The van der Waals surface area contributed by atoms with Crippen LogP contribution >= 0.6 is 0 Å². The minimum Gasteiger partial charge on any atom is -0.495 e. The van der Waals surface area contributed by atoms with E-state index in [2.05, 4.69) is 126 Å². The Bertz CT molecular complexity index is 5650. The third-order valence-electron chi connectivity index (χ3n) is 22.9. The average molecular weight is 1590 g/mol. The lowest BCUT2D eigenvalue weighted by Crippen LogP contribution is -2.56. The Kier molecular flexibility index (Phi) is 24.2. The maximum absolute atomic E-state index is 14.9. The topological polar surface area (TPSA) is 279 Å². The van der Waals surface area contributed by atoms with E-state index in [0.29, 0.717) is 72.8 Å². The van der Waals surface area contributed by atoms with Gasteiger partial charge >= 0.3 is 11.9 Å². The third-order valence-corrected chi connectivity index (χ3v) is 22.9. The van der Waals surface area contributed by atoms with Crippen molar-refractivity contribution in [1.29, 1.82) is 15.8 Å². The predicted molar refractivity (Wildman–Crippen MR) is 444 cm³/mol. The fourth-order valence-electron chi connectivity index (χ4n) is 16.3. The number of alkyl halides is 2. The summed E-state index contributed by atoms with van der Waals surface area (Å²) in [6, 6.07) is 61.0. The van der Waals surface area contributed by atoms with Gasteiger partial charge in [0.25, 0.3) is 0 Å². The van der Waals surface area contributed by atoms with Gasteiger partial charge in [0.2, 0.25) is 5.91 Å². The van der Waals surface area contributed by atoms with Crippen molar-refractivity contribution in [3.63, 3.8) is 0 Å². The maximum Gasteiger partial charge on any atom is 0.337 e. The Morgan fingerprint density at radius 2 is 1.14 bits per heavy atom. The van der Waals surface area contributed by atoms with E-state index in [0.717, 1.165) is 202 Å². The number of aromatic amines is 2.